The summed E-state index contributed by atoms with van der Waals surface area (Å²) in [5.74, 6) is 0.748. The van der Waals surface area contributed by atoms with Crippen LogP contribution in [0.4, 0.5) is 0 Å². The maximum absolute atomic E-state index is 12.0. The van der Waals surface area contributed by atoms with Crippen LogP contribution in [0, 0.1) is 13.8 Å². The molecular formula is C18H22N6O. The molecule has 0 saturated heterocycles. The molecule has 25 heavy (non-hydrogen) atoms. The predicted octanol–water partition coefficient (Wildman–Crippen LogP) is 1.48. The molecule has 0 N–H and O–H groups in total. The number of nitrogens with zero attached hydrogens (tertiary/aromatic N) is 6. The Bertz CT molecular complexity index is 1000. The summed E-state index contributed by atoms with van der Waals surface area (Å²) in [5.41, 5.74) is 5.17. The molecule has 0 saturated carbocycles. The lowest BCUT2D eigenvalue weighted by atomic mass is 10.1. The third-order valence-corrected chi connectivity index (χ3v) is 4.72. The Balaban J connectivity index is 1.57. The van der Waals surface area contributed by atoms with E-state index in [4.69, 9.17) is 0 Å². The number of hydrogen-bond acceptors (Lipinski definition) is 5. The fraction of sp³-hybridized carbons (Fsp3) is 0.444. The number of aryl methyl sites for hydroxylation is 3. The Kier molecular flexibility index (Phi) is 3.88. The number of rotatable bonds is 3. The van der Waals surface area contributed by atoms with Gasteiger partial charge in [0.05, 0.1) is 11.4 Å². The van der Waals surface area contributed by atoms with Gasteiger partial charge in [-0.1, -0.05) is 0 Å². The first-order chi connectivity index (χ1) is 12.0. The SMILES string of the molecule is CCn1nc2c(cc1=O)CN(Cc1cn3c(C)cc(C)nc3n1)CC2. The lowest BCUT2D eigenvalue weighted by molar-refractivity contribution is 0.238. The van der Waals surface area contributed by atoms with Gasteiger partial charge in [0.25, 0.3) is 5.56 Å². The molecule has 0 aromatic carbocycles. The first-order valence-electron chi connectivity index (χ1n) is 8.68. The summed E-state index contributed by atoms with van der Waals surface area (Å²) in [4.78, 5) is 23.5. The van der Waals surface area contributed by atoms with E-state index >= 15 is 0 Å². The van der Waals surface area contributed by atoms with Gasteiger partial charge in [0.15, 0.2) is 0 Å². The molecule has 0 atom stereocenters. The first-order valence-corrected chi connectivity index (χ1v) is 8.68. The minimum absolute atomic E-state index is 0.0221. The number of fused-ring (bicyclic) bond motifs is 2. The molecule has 0 unspecified atom stereocenters. The van der Waals surface area contributed by atoms with Gasteiger partial charge in [-0.05, 0) is 32.4 Å². The monoisotopic (exact) mass is 338 g/mol. The average Bonchev–Trinajstić information content (AvgIpc) is 2.96. The molecule has 0 bridgehead atoms. The molecule has 1 aliphatic rings. The zero-order valence-corrected chi connectivity index (χ0v) is 14.9. The predicted molar refractivity (Wildman–Crippen MR) is 94.5 cm³/mol. The van der Waals surface area contributed by atoms with Gasteiger partial charge in [0.1, 0.15) is 0 Å². The minimum Gasteiger partial charge on any atom is -0.293 e. The van der Waals surface area contributed by atoms with Crippen LogP contribution in [-0.2, 0) is 26.1 Å². The van der Waals surface area contributed by atoms with Crippen LogP contribution >= 0.6 is 0 Å². The molecule has 7 nitrogen and oxygen atoms in total. The van der Waals surface area contributed by atoms with Crippen LogP contribution in [0.15, 0.2) is 23.1 Å². The number of imidazole rings is 1. The smallest absolute Gasteiger partial charge is 0.267 e. The van der Waals surface area contributed by atoms with E-state index in [-0.39, 0.29) is 5.56 Å². The summed E-state index contributed by atoms with van der Waals surface area (Å²) >= 11 is 0. The molecule has 4 heterocycles. The van der Waals surface area contributed by atoms with Gasteiger partial charge in [0.2, 0.25) is 5.78 Å². The lowest BCUT2D eigenvalue weighted by Crippen LogP contribution is -2.34. The van der Waals surface area contributed by atoms with Crippen molar-refractivity contribution in [3.63, 3.8) is 0 Å². The van der Waals surface area contributed by atoms with Crippen molar-refractivity contribution in [3.05, 3.63) is 57.0 Å². The molecule has 0 aliphatic carbocycles. The molecule has 0 spiro atoms. The van der Waals surface area contributed by atoms with Crippen molar-refractivity contribution in [1.29, 1.82) is 0 Å². The van der Waals surface area contributed by atoms with Crippen LogP contribution in [-0.4, -0.2) is 35.6 Å². The lowest BCUT2D eigenvalue weighted by Gasteiger charge is -2.27. The molecule has 7 heteroatoms. The second-order valence-corrected chi connectivity index (χ2v) is 6.67. The molecule has 0 fully saturated rings. The van der Waals surface area contributed by atoms with Crippen molar-refractivity contribution in [1.82, 2.24) is 29.0 Å². The molecule has 130 valence electrons. The van der Waals surface area contributed by atoms with Gasteiger partial charge in [-0.25, -0.2) is 14.6 Å². The minimum atomic E-state index is -0.0221. The van der Waals surface area contributed by atoms with Crippen molar-refractivity contribution in [2.24, 2.45) is 0 Å². The largest absolute Gasteiger partial charge is 0.293 e. The van der Waals surface area contributed by atoms with E-state index in [0.717, 1.165) is 60.2 Å². The van der Waals surface area contributed by atoms with Gasteiger partial charge in [-0.2, -0.15) is 5.10 Å². The third kappa shape index (κ3) is 2.95. The van der Waals surface area contributed by atoms with E-state index in [1.807, 2.05) is 18.2 Å². The molecule has 3 aromatic rings. The van der Waals surface area contributed by atoms with Crippen molar-refractivity contribution in [2.45, 2.75) is 46.8 Å². The van der Waals surface area contributed by atoms with Crippen LogP contribution in [0.1, 0.15) is 35.3 Å². The highest BCUT2D eigenvalue weighted by atomic mass is 16.1. The van der Waals surface area contributed by atoms with Gasteiger partial charge >= 0.3 is 0 Å². The maximum atomic E-state index is 12.0. The Morgan fingerprint density at radius 3 is 2.84 bits per heavy atom. The third-order valence-electron chi connectivity index (χ3n) is 4.72. The number of hydrogen-bond donors (Lipinski definition) is 0. The highest BCUT2D eigenvalue weighted by Crippen LogP contribution is 2.18. The van der Waals surface area contributed by atoms with Crippen LogP contribution in [0.25, 0.3) is 5.78 Å². The quantitative estimate of drug-likeness (QED) is 0.724. The van der Waals surface area contributed by atoms with Crippen LogP contribution < -0.4 is 5.56 Å². The van der Waals surface area contributed by atoms with Crippen molar-refractivity contribution >= 4 is 5.78 Å². The highest BCUT2D eigenvalue weighted by Gasteiger charge is 2.20. The van der Waals surface area contributed by atoms with Gasteiger partial charge < -0.3 is 0 Å². The summed E-state index contributed by atoms with van der Waals surface area (Å²) < 4.78 is 3.56. The first kappa shape index (κ1) is 16.0. The summed E-state index contributed by atoms with van der Waals surface area (Å²) in [7, 11) is 0. The average molecular weight is 338 g/mol. The molecule has 4 rings (SSSR count). The topological polar surface area (TPSA) is 68.3 Å². The zero-order chi connectivity index (χ0) is 17.6. The second-order valence-electron chi connectivity index (χ2n) is 6.67. The Labute approximate surface area is 145 Å². The summed E-state index contributed by atoms with van der Waals surface area (Å²) in [6.07, 6.45) is 2.92. The van der Waals surface area contributed by atoms with Crippen LogP contribution in [0.5, 0.6) is 0 Å². The Hall–Kier alpha value is -2.54. The summed E-state index contributed by atoms with van der Waals surface area (Å²) in [6, 6.07) is 3.79. The molecule has 1 aliphatic heterocycles. The van der Waals surface area contributed by atoms with E-state index in [2.05, 4.69) is 39.2 Å². The fourth-order valence-corrected chi connectivity index (χ4v) is 3.48. The van der Waals surface area contributed by atoms with Crippen molar-refractivity contribution in [2.75, 3.05) is 6.54 Å². The van der Waals surface area contributed by atoms with Gasteiger partial charge in [-0.3, -0.25) is 14.1 Å². The molecule has 3 aromatic heterocycles. The standard InChI is InChI=1S/C18H22N6O/c1-4-24-17(25)8-14-9-22(6-5-16(14)21-24)10-15-11-23-13(3)7-12(2)19-18(23)20-15/h7-8,11H,4-6,9-10H2,1-3H3. The van der Waals surface area contributed by atoms with E-state index in [1.54, 1.807) is 6.07 Å². The van der Waals surface area contributed by atoms with E-state index < -0.39 is 0 Å². The highest BCUT2D eigenvalue weighted by molar-refractivity contribution is 5.34. The van der Waals surface area contributed by atoms with Crippen molar-refractivity contribution in [3.8, 4) is 0 Å². The molecule has 0 radical (unpaired) electrons. The molecular weight excluding hydrogens is 316 g/mol. The Morgan fingerprint density at radius 1 is 1.20 bits per heavy atom. The zero-order valence-electron chi connectivity index (χ0n) is 14.9. The maximum Gasteiger partial charge on any atom is 0.267 e. The van der Waals surface area contributed by atoms with Gasteiger partial charge in [0, 0.05) is 56.3 Å². The summed E-state index contributed by atoms with van der Waals surface area (Å²) in [6.45, 7) is 9.01. The Morgan fingerprint density at radius 2 is 2.04 bits per heavy atom. The van der Waals surface area contributed by atoms with E-state index in [0.29, 0.717) is 6.54 Å². The van der Waals surface area contributed by atoms with Crippen LogP contribution in [0.2, 0.25) is 0 Å². The number of aromatic nitrogens is 5. The molecule has 0 amide bonds. The summed E-state index contributed by atoms with van der Waals surface area (Å²) in [5, 5.41) is 4.48. The van der Waals surface area contributed by atoms with Crippen LogP contribution in [0.3, 0.4) is 0 Å². The second kappa shape index (κ2) is 6.07. The van der Waals surface area contributed by atoms with E-state index in [9.17, 15) is 4.79 Å². The normalized spacial score (nSPS) is 14.8. The fourth-order valence-electron chi connectivity index (χ4n) is 3.48. The van der Waals surface area contributed by atoms with E-state index in [1.165, 1.54) is 4.68 Å². The van der Waals surface area contributed by atoms with Crippen molar-refractivity contribution < 1.29 is 0 Å². The van der Waals surface area contributed by atoms with Gasteiger partial charge in [-0.15, -0.1) is 0 Å².